The first-order valence-corrected chi connectivity index (χ1v) is 9.55. The molecule has 1 heterocycles. The summed E-state index contributed by atoms with van der Waals surface area (Å²) in [7, 11) is 0. The van der Waals surface area contributed by atoms with E-state index in [2.05, 4.69) is 17.0 Å². The summed E-state index contributed by atoms with van der Waals surface area (Å²) < 4.78 is 38.8. The van der Waals surface area contributed by atoms with Crippen LogP contribution < -0.4 is 0 Å². The molecule has 0 aromatic heterocycles. The van der Waals surface area contributed by atoms with E-state index in [-0.39, 0.29) is 5.92 Å². The predicted molar refractivity (Wildman–Crippen MR) is 101 cm³/mol. The third-order valence-corrected chi connectivity index (χ3v) is 5.34. The highest BCUT2D eigenvalue weighted by Crippen LogP contribution is 2.34. The molecule has 2 unspecified atom stereocenters. The van der Waals surface area contributed by atoms with Crippen molar-refractivity contribution in [2.45, 2.75) is 43.9 Å². The van der Waals surface area contributed by atoms with Crippen LogP contribution in [0.15, 0.2) is 54.6 Å². The number of hydrogen-bond donors (Lipinski definition) is 1. The molecule has 1 aliphatic rings. The minimum Gasteiger partial charge on any atom is -0.391 e. The zero-order valence-corrected chi connectivity index (χ0v) is 15.3. The Labute approximate surface area is 158 Å². The van der Waals surface area contributed by atoms with Gasteiger partial charge in [-0.2, -0.15) is 13.2 Å². The molecule has 0 radical (unpaired) electrons. The molecule has 3 rings (SSSR count). The fourth-order valence-electron chi connectivity index (χ4n) is 3.84. The van der Waals surface area contributed by atoms with Gasteiger partial charge in [0.05, 0.1) is 11.7 Å². The Morgan fingerprint density at radius 1 is 1.00 bits per heavy atom. The van der Waals surface area contributed by atoms with Gasteiger partial charge in [0, 0.05) is 12.5 Å². The SMILES string of the molecule is OC1CN(CCCCc2ccccc2)CCC1c1cccc(C(F)(F)F)c1. The number of unbranched alkanes of at least 4 members (excludes halogenated alkanes) is 1. The highest BCUT2D eigenvalue weighted by atomic mass is 19.4. The molecule has 2 aromatic rings. The number of nitrogens with zero attached hydrogens (tertiary/aromatic N) is 1. The molecule has 27 heavy (non-hydrogen) atoms. The van der Waals surface area contributed by atoms with Crippen molar-refractivity contribution < 1.29 is 18.3 Å². The second kappa shape index (κ2) is 8.89. The van der Waals surface area contributed by atoms with E-state index in [9.17, 15) is 18.3 Å². The molecule has 5 heteroatoms. The summed E-state index contributed by atoms with van der Waals surface area (Å²) in [5.41, 5.74) is 1.28. The van der Waals surface area contributed by atoms with E-state index >= 15 is 0 Å². The molecule has 1 fully saturated rings. The molecule has 2 atom stereocenters. The largest absolute Gasteiger partial charge is 0.416 e. The van der Waals surface area contributed by atoms with E-state index in [4.69, 9.17) is 0 Å². The molecule has 2 nitrogen and oxygen atoms in total. The number of alkyl halides is 3. The van der Waals surface area contributed by atoms with E-state index in [1.54, 1.807) is 6.07 Å². The van der Waals surface area contributed by atoms with Gasteiger partial charge in [-0.25, -0.2) is 0 Å². The maximum atomic E-state index is 12.9. The number of aliphatic hydroxyl groups excluding tert-OH is 1. The van der Waals surface area contributed by atoms with Crippen molar-refractivity contribution in [3.8, 4) is 0 Å². The van der Waals surface area contributed by atoms with Gasteiger partial charge >= 0.3 is 6.18 Å². The van der Waals surface area contributed by atoms with Crippen LogP contribution in [-0.2, 0) is 12.6 Å². The second-order valence-corrected chi connectivity index (χ2v) is 7.33. The Hall–Kier alpha value is -1.85. The Bertz CT molecular complexity index is 717. The maximum Gasteiger partial charge on any atom is 0.416 e. The Kier molecular flexibility index (Phi) is 6.55. The molecule has 0 saturated carbocycles. The number of aryl methyl sites for hydroxylation is 1. The lowest BCUT2D eigenvalue weighted by Gasteiger charge is -2.36. The first kappa shape index (κ1) is 19.9. The van der Waals surface area contributed by atoms with E-state index in [1.807, 2.05) is 18.2 Å². The predicted octanol–water partition coefficient (Wildman–Crippen LogP) is 4.88. The Balaban J connectivity index is 1.48. The fourth-order valence-corrected chi connectivity index (χ4v) is 3.84. The highest BCUT2D eigenvalue weighted by molar-refractivity contribution is 5.29. The van der Waals surface area contributed by atoms with E-state index in [1.165, 1.54) is 17.7 Å². The zero-order chi connectivity index (χ0) is 19.3. The first-order chi connectivity index (χ1) is 12.9. The molecule has 1 saturated heterocycles. The molecule has 0 bridgehead atoms. The zero-order valence-electron chi connectivity index (χ0n) is 15.3. The van der Waals surface area contributed by atoms with Gasteiger partial charge in [-0.15, -0.1) is 0 Å². The lowest BCUT2D eigenvalue weighted by Crippen LogP contribution is -2.43. The smallest absolute Gasteiger partial charge is 0.391 e. The Morgan fingerprint density at radius 2 is 1.78 bits per heavy atom. The van der Waals surface area contributed by atoms with E-state index in [0.29, 0.717) is 18.5 Å². The van der Waals surface area contributed by atoms with Crippen molar-refractivity contribution in [3.63, 3.8) is 0 Å². The molecule has 0 aliphatic carbocycles. The summed E-state index contributed by atoms with van der Waals surface area (Å²) in [6.45, 7) is 2.24. The molecule has 0 amide bonds. The quantitative estimate of drug-likeness (QED) is 0.726. The summed E-state index contributed by atoms with van der Waals surface area (Å²) in [4.78, 5) is 2.22. The molecular formula is C22H26F3NO. The maximum absolute atomic E-state index is 12.9. The number of halogens is 3. The minimum absolute atomic E-state index is 0.229. The van der Waals surface area contributed by atoms with Gasteiger partial charge in [0.25, 0.3) is 0 Å². The summed E-state index contributed by atoms with van der Waals surface area (Å²) in [6.07, 6.45) is -1.11. The summed E-state index contributed by atoms with van der Waals surface area (Å²) in [5, 5.41) is 10.5. The van der Waals surface area contributed by atoms with Gasteiger partial charge in [0.1, 0.15) is 0 Å². The standard InChI is InChI=1S/C22H26F3NO/c23-22(24,25)19-11-6-10-18(15-19)20-12-14-26(16-21(20)27)13-5-4-9-17-7-2-1-3-8-17/h1-3,6-8,10-11,15,20-21,27H,4-5,9,12-14,16H2. The van der Waals surface area contributed by atoms with Crippen LogP contribution in [0.25, 0.3) is 0 Å². The first-order valence-electron chi connectivity index (χ1n) is 9.55. The van der Waals surface area contributed by atoms with Crippen molar-refractivity contribution >= 4 is 0 Å². The van der Waals surface area contributed by atoms with Crippen molar-refractivity contribution in [1.82, 2.24) is 4.90 Å². The van der Waals surface area contributed by atoms with Gasteiger partial charge in [0.15, 0.2) is 0 Å². The average Bonchev–Trinajstić information content (AvgIpc) is 2.66. The normalized spacial score (nSPS) is 21.3. The molecule has 2 aromatic carbocycles. The number of piperidine rings is 1. The van der Waals surface area contributed by atoms with Crippen molar-refractivity contribution in [2.24, 2.45) is 0 Å². The summed E-state index contributed by atoms with van der Waals surface area (Å²) in [6, 6.07) is 15.8. The van der Waals surface area contributed by atoms with Crippen LogP contribution in [0.3, 0.4) is 0 Å². The van der Waals surface area contributed by atoms with Crippen LogP contribution in [0.5, 0.6) is 0 Å². The lowest BCUT2D eigenvalue weighted by atomic mass is 9.86. The van der Waals surface area contributed by atoms with E-state index < -0.39 is 17.8 Å². The molecule has 1 N–H and O–H groups in total. The van der Waals surface area contributed by atoms with Crippen LogP contribution in [0.4, 0.5) is 13.2 Å². The second-order valence-electron chi connectivity index (χ2n) is 7.33. The van der Waals surface area contributed by atoms with Crippen molar-refractivity contribution in [1.29, 1.82) is 0 Å². The minimum atomic E-state index is -4.35. The summed E-state index contributed by atoms with van der Waals surface area (Å²) >= 11 is 0. The highest BCUT2D eigenvalue weighted by Gasteiger charge is 2.33. The molecule has 0 spiro atoms. The lowest BCUT2D eigenvalue weighted by molar-refractivity contribution is -0.137. The number of aliphatic hydroxyl groups is 1. The van der Waals surface area contributed by atoms with Crippen LogP contribution in [0.2, 0.25) is 0 Å². The van der Waals surface area contributed by atoms with Gasteiger partial charge in [-0.3, -0.25) is 0 Å². The third kappa shape index (κ3) is 5.56. The van der Waals surface area contributed by atoms with Crippen molar-refractivity contribution in [2.75, 3.05) is 19.6 Å². The van der Waals surface area contributed by atoms with Gasteiger partial charge in [-0.1, -0.05) is 48.5 Å². The van der Waals surface area contributed by atoms with Crippen LogP contribution in [-0.4, -0.2) is 35.7 Å². The number of likely N-dealkylation sites (tertiary alicyclic amines) is 1. The average molecular weight is 377 g/mol. The fraction of sp³-hybridized carbons (Fsp3) is 0.455. The number of benzene rings is 2. The monoisotopic (exact) mass is 377 g/mol. The number of rotatable bonds is 6. The molecule has 146 valence electrons. The van der Waals surface area contributed by atoms with Crippen LogP contribution in [0, 0.1) is 0 Å². The third-order valence-electron chi connectivity index (χ3n) is 5.34. The number of β-amino-alcohol motifs (C(OH)–C–C–N with tert-alkyl or cyclic N) is 1. The van der Waals surface area contributed by atoms with Crippen LogP contribution in [0.1, 0.15) is 41.9 Å². The topological polar surface area (TPSA) is 23.5 Å². The Morgan fingerprint density at radius 3 is 2.48 bits per heavy atom. The van der Waals surface area contributed by atoms with Gasteiger partial charge < -0.3 is 10.0 Å². The van der Waals surface area contributed by atoms with Gasteiger partial charge in [0.2, 0.25) is 0 Å². The molecular weight excluding hydrogens is 351 g/mol. The van der Waals surface area contributed by atoms with Gasteiger partial charge in [-0.05, 0) is 56.0 Å². The molecule has 1 aliphatic heterocycles. The number of hydrogen-bond acceptors (Lipinski definition) is 2. The van der Waals surface area contributed by atoms with E-state index in [0.717, 1.165) is 38.4 Å². The van der Waals surface area contributed by atoms with Crippen LogP contribution >= 0.6 is 0 Å². The van der Waals surface area contributed by atoms with Crippen molar-refractivity contribution in [3.05, 3.63) is 71.3 Å². The summed E-state index contributed by atoms with van der Waals surface area (Å²) in [5.74, 6) is -0.229.